The molecule has 1 spiro atoms. The average molecular weight is 367 g/mol. The van der Waals surface area contributed by atoms with Crippen molar-refractivity contribution in [2.75, 3.05) is 37.5 Å². The number of nitrogens with zero attached hydrogens (tertiary/aromatic N) is 1. The second-order valence-electron chi connectivity index (χ2n) is 7.09. The summed E-state index contributed by atoms with van der Waals surface area (Å²) in [7, 11) is 3.27. The van der Waals surface area contributed by atoms with Crippen LogP contribution in [-0.4, -0.2) is 38.8 Å². The summed E-state index contributed by atoms with van der Waals surface area (Å²) in [6, 6.07) is 13.8. The van der Waals surface area contributed by atoms with Gasteiger partial charge in [-0.25, -0.2) is 0 Å². The molecule has 6 heteroatoms. The van der Waals surface area contributed by atoms with Crippen LogP contribution in [0.2, 0.25) is 0 Å². The minimum atomic E-state index is -0.539. The molecule has 1 amide bonds. The molecule has 0 radical (unpaired) electrons. The second kappa shape index (κ2) is 7.12. The zero-order valence-corrected chi connectivity index (χ0v) is 15.7. The molecule has 2 aliphatic rings. The number of rotatable bonds is 4. The number of ether oxygens (including phenoxy) is 2. The third kappa shape index (κ3) is 3.21. The monoisotopic (exact) mass is 367 g/mol. The van der Waals surface area contributed by atoms with Crippen molar-refractivity contribution >= 4 is 17.3 Å². The zero-order chi connectivity index (χ0) is 18.9. The SMILES string of the molecule is COc1cc(CN2C(=O)C3(CCNCC3)Nc3ccccc32)cc(OC)c1. The van der Waals surface area contributed by atoms with Crippen LogP contribution in [0.5, 0.6) is 11.5 Å². The van der Waals surface area contributed by atoms with Gasteiger partial charge in [0.2, 0.25) is 0 Å². The first kappa shape index (κ1) is 17.7. The van der Waals surface area contributed by atoms with E-state index in [0.29, 0.717) is 6.54 Å². The molecule has 0 bridgehead atoms. The van der Waals surface area contributed by atoms with Gasteiger partial charge < -0.3 is 25.0 Å². The predicted molar refractivity (Wildman–Crippen MR) is 106 cm³/mol. The first-order valence-electron chi connectivity index (χ1n) is 9.27. The standard InChI is InChI=1S/C21H25N3O3/c1-26-16-11-15(12-17(13-16)27-2)14-24-19-6-4-3-5-18(19)23-21(20(24)25)7-9-22-10-8-21/h3-6,11-13,22-23H,7-10,14H2,1-2H3. The van der Waals surface area contributed by atoms with Crippen molar-refractivity contribution in [1.82, 2.24) is 5.32 Å². The molecule has 142 valence electrons. The topological polar surface area (TPSA) is 62.8 Å². The van der Waals surface area contributed by atoms with Crippen LogP contribution in [0.15, 0.2) is 42.5 Å². The number of anilines is 2. The van der Waals surface area contributed by atoms with E-state index in [9.17, 15) is 4.79 Å². The molecule has 2 aliphatic heterocycles. The minimum absolute atomic E-state index is 0.129. The first-order chi connectivity index (χ1) is 13.1. The number of amides is 1. The van der Waals surface area contributed by atoms with Gasteiger partial charge in [-0.05, 0) is 55.8 Å². The number of benzene rings is 2. The Hall–Kier alpha value is -2.73. The van der Waals surface area contributed by atoms with Gasteiger partial charge in [0, 0.05) is 6.07 Å². The van der Waals surface area contributed by atoms with E-state index in [1.54, 1.807) is 14.2 Å². The first-order valence-corrected chi connectivity index (χ1v) is 9.27. The van der Waals surface area contributed by atoms with Gasteiger partial charge in [0.05, 0.1) is 32.1 Å². The molecule has 0 atom stereocenters. The summed E-state index contributed by atoms with van der Waals surface area (Å²) in [5.41, 5.74) is 2.35. The molecule has 27 heavy (non-hydrogen) atoms. The van der Waals surface area contributed by atoms with Crippen LogP contribution in [0.25, 0.3) is 0 Å². The van der Waals surface area contributed by atoms with E-state index in [2.05, 4.69) is 10.6 Å². The summed E-state index contributed by atoms with van der Waals surface area (Å²) in [6.45, 7) is 2.14. The predicted octanol–water partition coefficient (Wildman–Crippen LogP) is 2.78. The highest BCUT2D eigenvalue weighted by molar-refractivity contribution is 6.07. The Morgan fingerprint density at radius 3 is 2.37 bits per heavy atom. The Morgan fingerprint density at radius 2 is 1.70 bits per heavy atom. The summed E-state index contributed by atoms with van der Waals surface area (Å²) in [5.74, 6) is 1.57. The Labute approximate surface area is 159 Å². The third-order valence-electron chi connectivity index (χ3n) is 5.43. The maximum absolute atomic E-state index is 13.6. The van der Waals surface area contributed by atoms with Crippen molar-refractivity contribution in [2.24, 2.45) is 0 Å². The number of carbonyl (C=O) groups is 1. The van der Waals surface area contributed by atoms with Gasteiger partial charge in [0.25, 0.3) is 5.91 Å². The van der Waals surface area contributed by atoms with Gasteiger partial charge in [0.15, 0.2) is 0 Å². The summed E-state index contributed by atoms with van der Waals surface area (Å²) >= 11 is 0. The van der Waals surface area contributed by atoms with Crippen LogP contribution >= 0.6 is 0 Å². The quantitative estimate of drug-likeness (QED) is 0.870. The number of hydrogen-bond donors (Lipinski definition) is 2. The summed E-state index contributed by atoms with van der Waals surface area (Å²) in [5, 5.41) is 6.89. The molecule has 2 heterocycles. The van der Waals surface area contributed by atoms with Crippen molar-refractivity contribution < 1.29 is 14.3 Å². The van der Waals surface area contributed by atoms with Crippen LogP contribution in [0.3, 0.4) is 0 Å². The van der Waals surface area contributed by atoms with Crippen LogP contribution in [0.1, 0.15) is 18.4 Å². The van der Waals surface area contributed by atoms with Crippen LogP contribution in [-0.2, 0) is 11.3 Å². The highest BCUT2D eigenvalue weighted by Crippen LogP contribution is 2.40. The maximum Gasteiger partial charge on any atom is 0.253 e. The van der Waals surface area contributed by atoms with E-state index >= 15 is 0 Å². The highest BCUT2D eigenvalue weighted by Gasteiger charge is 2.46. The molecule has 4 rings (SSSR count). The molecule has 6 nitrogen and oxygen atoms in total. The lowest BCUT2D eigenvalue weighted by Gasteiger charge is -2.46. The molecule has 2 N–H and O–H groups in total. The molecule has 1 fully saturated rings. The molecule has 2 aromatic rings. The Kier molecular flexibility index (Phi) is 4.66. The molecular weight excluding hydrogens is 342 g/mol. The Balaban J connectivity index is 1.73. The zero-order valence-electron chi connectivity index (χ0n) is 15.7. The lowest BCUT2D eigenvalue weighted by Crippen LogP contribution is -2.61. The minimum Gasteiger partial charge on any atom is -0.497 e. The molecule has 0 aromatic heterocycles. The fraction of sp³-hybridized carbons (Fsp3) is 0.381. The lowest BCUT2D eigenvalue weighted by atomic mass is 9.84. The average Bonchev–Trinajstić information content (AvgIpc) is 2.71. The van der Waals surface area contributed by atoms with E-state index in [-0.39, 0.29) is 5.91 Å². The molecule has 0 unspecified atom stereocenters. The molecule has 2 aromatic carbocycles. The lowest BCUT2D eigenvalue weighted by molar-refractivity contribution is -0.124. The van der Waals surface area contributed by atoms with Crippen LogP contribution < -0.4 is 25.0 Å². The molecule has 0 aliphatic carbocycles. The van der Waals surface area contributed by atoms with E-state index in [1.807, 2.05) is 47.4 Å². The molecule has 0 saturated carbocycles. The van der Waals surface area contributed by atoms with Gasteiger partial charge >= 0.3 is 0 Å². The number of piperidine rings is 1. The fourth-order valence-corrected chi connectivity index (χ4v) is 3.98. The van der Waals surface area contributed by atoms with Crippen molar-refractivity contribution in [3.63, 3.8) is 0 Å². The van der Waals surface area contributed by atoms with Gasteiger partial charge in [-0.3, -0.25) is 4.79 Å². The van der Waals surface area contributed by atoms with Gasteiger partial charge in [-0.1, -0.05) is 12.1 Å². The van der Waals surface area contributed by atoms with Crippen molar-refractivity contribution in [3.8, 4) is 11.5 Å². The third-order valence-corrected chi connectivity index (χ3v) is 5.43. The number of hydrogen-bond acceptors (Lipinski definition) is 5. The van der Waals surface area contributed by atoms with E-state index in [4.69, 9.17) is 9.47 Å². The smallest absolute Gasteiger partial charge is 0.253 e. The number of methoxy groups -OCH3 is 2. The van der Waals surface area contributed by atoms with Crippen molar-refractivity contribution in [3.05, 3.63) is 48.0 Å². The largest absolute Gasteiger partial charge is 0.497 e. The summed E-state index contributed by atoms with van der Waals surface area (Å²) in [6.07, 6.45) is 1.55. The van der Waals surface area contributed by atoms with Crippen molar-refractivity contribution in [1.29, 1.82) is 0 Å². The van der Waals surface area contributed by atoms with Gasteiger partial charge in [-0.15, -0.1) is 0 Å². The van der Waals surface area contributed by atoms with E-state index < -0.39 is 5.54 Å². The van der Waals surface area contributed by atoms with Crippen LogP contribution in [0, 0.1) is 0 Å². The molecule has 1 saturated heterocycles. The van der Waals surface area contributed by atoms with Crippen molar-refractivity contribution in [2.45, 2.75) is 24.9 Å². The second-order valence-corrected chi connectivity index (χ2v) is 7.09. The van der Waals surface area contributed by atoms with Gasteiger partial charge in [-0.2, -0.15) is 0 Å². The number of para-hydroxylation sites is 2. The Morgan fingerprint density at radius 1 is 1.04 bits per heavy atom. The number of carbonyl (C=O) groups excluding carboxylic acids is 1. The van der Waals surface area contributed by atoms with E-state index in [1.165, 1.54) is 0 Å². The highest BCUT2D eigenvalue weighted by atomic mass is 16.5. The van der Waals surface area contributed by atoms with Gasteiger partial charge in [0.1, 0.15) is 17.0 Å². The number of nitrogens with one attached hydrogen (secondary N) is 2. The number of fused-ring (bicyclic) bond motifs is 1. The molecular formula is C21H25N3O3. The Bertz CT molecular complexity index is 824. The fourth-order valence-electron chi connectivity index (χ4n) is 3.98. The normalized spacial score (nSPS) is 18.0. The van der Waals surface area contributed by atoms with Crippen LogP contribution in [0.4, 0.5) is 11.4 Å². The maximum atomic E-state index is 13.6. The summed E-state index contributed by atoms with van der Waals surface area (Å²) in [4.78, 5) is 15.4. The summed E-state index contributed by atoms with van der Waals surface area (Å²) < 4.78 is 10.8. The van der Waals surface area contributed by atoms with E-state index in [0.717, 1.165) is 54.4 Å².